The van der Waals surface area contributed by atoms with Gasteiger partial charge in [0.2, 0.25) is 0 Å². The molecule has 0 atom stereocenters. The summed E-state index contributed by atoms with van der Waals surface area (Å²) in [4.78, 5) is 33.8. The molecule has 1 aromatic rings. The number of aryl methyl sites for hydroxylation is 1. The van der Waals surface area contributed by atoms with E-state index in [0.29, 0.717) is 5.69 Å². The quantitative estimate of drug-likeness (QED) is 0.781. The summed E-state index contributed by atoms with van der Waals surface area (Å²) >= 11 is 1.03. The third kappa shape index (κ3) is 4.33. The maximum atomic E-state index is 11.4. The van der Waals surface area contributed by atoms with Gasteiger partial charge in [0.05, 0.1) is 0 Å². The minimum absolute atomic E-state index is 0.00191. The van der Waals surface area contributed by atoms with Crippen molar-refractivity contribution in [1.29, 1.82) is 0 Å². The fourth-order valence-corrected chi connectivity index (χ4v) is 2.01. The minimum Gasteiger partial charge on any atom is -0.454 e. The van der Waals surface area contributed by atoms with Gasteiger partial charge in [0.15, 0.2) is 6.61 Å². The molecular weight excluding hydrogens is 256 g/mol. The van der Waals surface area contributed by atoms with E-state index in [-0.39, 0.29) is 30.0 Å². The maximum Gasteiger partial charge on any atom is 0.326 e. The van der Waals surface area contributed by atoms with Crippen molar-refractivity contribution in [2.45, 2.75) is 33.4 Å². The molecule has 0 bridgehead atoms. The van der Waals surface area contributed by atoms with Gasteiger partial charge in [-0.15, -0.1) is 0 Å². The number of nitrogens with one attached hydrogen (secondary N) is 1. The maximum absolute atomic E-state index is 11.4. The van der Waals surface area contributed by atoms with Crippen molar-refractivity contribution >= 4 is 23.2 Å². The summed E-state index contributed by atoms with van der Waals surface area (Å²) in [6.07, 6.45) is 0. The zero-order chi connectivity index (χ0) is 13.7. The third-order valence-corrected chi connectivity index (χ3v) is 2.96. The van der Waals surface area contributed by atoms with Gasteiger partial charge in [-0.1, -0.05) is 11.3 Å². The van der Waals surface area contributed by atoms with Crippen LogP contribution >= 0.6 is 11.3 Å². The molecule has 0 aliphatic rings. The average Bonchev–Trinajstić information content (AvgIpc) is 2.57. The standard InChI is InChI=1S/C11H16N2O4S/c1-7(2)12-9(14)5-17-10(15)4-13-8(3)6-18-11(13)16/h6-7H,4-5H2,1-3H3,(H,12,14). The molecular formula is C11H16N2O4S. The topological polar surface area (TPSA) is 77.4 Å². The molecule has 100 valence electrons. The van der Waals surface area contributed by atoms with Crippen LogP contribution in [0.3, 0.4) is 0 Å². The Labute approximate surface area is 109 Å². The summed E-state index contributed by atoms with van der Waals surface area (Å²) < 4.78 is 6.09. The van der Waals surface area contributed by atoms with Gasteiger partial charge < -0.3 is 10.1 Å². The molecule has 1 amide bonds. The molecule has 7 heteroatoms. The molecule has 0 spiro atoms. The predicted octanol–water partition coefficient (Wildman–Crippen LogP) is 0.286. The summed E-state index contributed by atoms with van der Waals surface area (Å²) in [5, 5.41) is 4.26. The van der Waals surface area contributed by atoms with E-state index in [2.05, 4.69) is 5.32 Å². The summed E-state index contributed by atoms with van der Waals surface area (Å²) in [5.74, 6) is -0.953. The third-order valence-electron chi connectivity index (χ3n) is 2.08. The monoisotopic (exact) mass is 272 g/mol. The molecule has 0 saturated heterocycles. The van der Waals surface area contributed by atoms with E-state index in [9.17, 15) is 14.4 Å². The lowest BCUT2D eigenvalue weighted by molar-refractivity contribution is -0.149. The molecule has 1 heterocycles. The van der Waals surface area contributed by atoms with Crippen molar-refractivity contribution in [2.75, 3.05) is 6.61 Å². The number of esters is 1. The zero-order valence-electron chi connectivity index (χ0n) is 10.6. The van der Waals surface area contributed by atoms with Gasteiger partial charge in [-0.05, 0) is 20.8 Å². The molecule has 6 nitrogen and oxygen atoms in total. The van der Waals surface area contributed by atoms with Crippen LogP contribution in [0.4, 0.5) is 0 Å². The first-order valence-corrected chi connectivity index (χ1v) is 6.38. The second-order valence-corrected chi connectivity index (χ2v) is 4.93. The molecule has 0 fully saturated rings. The highest BCUT2D eigenvalue weighted by Gasteiger charge is 2.11. The van der Waals surface area contributed by atoms with Crippen LogP contribution in [-0.4, -0.2) is 29.1 Å². The molecule has 0 unspecified atom stereocenters. The van der Waals surface area contributed by atoms with Gasteiger partial charge in [-0.25, -0.2) is 0 Å². The number of rotatable bonds is 5. The van der Waals surface area contributed by atoms with Crippen molar-refractivity contribution in [3.05, 3.63) is 20.7 Å². The summed E-state index contributed by atoms with van der Waals surface area (Å²) in [6.45, 7) is 4.87. The number of thiazole rings is 1. The van der Waals surface area contributed by atoms with Crippen molar-refractivity contribution in [1.82, 2.24) is 9.88 Å². The number of hydrogen-bond acceptors (Lipinski definition) is 5. The fourth-order valence-electron chi connectivity index (χ4n) is 1.28. The summed E-state index contributed by atoms with van der Waals surface area (Å²) in [5.41, 5.74) is 0.702. The van der Waals surface area contributed by atoms with E-state index in [1.54, 1.807) is 12.3 Å². The van der Waals surface area contributed by atoms with E-state index in [0.717, 1.165) is 11.3 Å². The lowest BCUT2D eigenvalue weighted by atomic mass is 10.4. The molecule has 1 rings (SSSR count). The van der Waals surface area contributed by atoms with Gasteiger partial charge in [-0.3, -0.25) is 19.0 Å². The molecule has 18 heavy (non-hydrogen) atoms. The highest BCUT2D eigenvalue weighted by molar-refractivity contribution is 7.07. The van der Waals surface area contributed by atoms with Crippen LogP contribution in [0.1, 0.15) is 19.5 Å². The summed E-state index contributed by atoms with van der Waals surface area (Å²) in [6, 6.07) is -0.00191. The number of aromatic nitrogens is 1. The van der Waals surface area contributed by atoms with Gasteiger partial charge in [0.25, 0.3) is 5.91 Å². The van der Waals surface area contributed by atoms with Gasteiger partial charge in [-0.2, -0.15) is 0 Å². The van der Waals surface area contributed by atoms with Crippen molar-refractivity contribution < 1.29 is 14.3 Å². The Morgan fingerprint density at radius 2 is 2.17 bits per heavy atom. The Morgan fingerprint density at radius 1 is 1.50 bits per heavy atom. The van der Waals surface area contributed by atoms with E-state index >= 15 is 0 Å². The second-order valence-electron chi connectivity index (χ2n) is 4.11. The highest BCUT2D eigenvalue weighted by Crippen LogP contribution is 1.99. The second kappa shape index (κ2) is 6.34. The largest absolute Gasteiger partial charge is 0.454 e. The van der Waals surface area contributed by atoms with Crippen molar-refractivity contribution in [3.8, 4) is 0 Å². The Hall–Kier alpha value is -1.63. The van der Waals surface area contributed by atoms with E-state index in [1.807, 2.05) is 13.8 Å². The number of carbonyl (C=O) groups excluding carboxylic acids is 2. The number of hydrogen-bond donors (Lipinski definition) is 1. The van der Waals surface area contributed by atoms with Crippen LogP contribution in [-0.2, 0) is 20.9 Å². The molecule has 1 aromatic heterocycles. The lowest BCUT2D eigenvalue weighted by Gasteiger charge is -2.09. The first-order valence-electron chi connectivity index (χ1n) is 5.50. The van der Waals surface area contributed by atoms with Gasteiger partial charge in [0, 0.05) is 17.1 Å². The number of carbonyl (C=O) groups is 2. The average molecular weight is 272 g/mol. The molecule has 0 radical (unpaired) electrons. The van der Waals surface area contributed by atoms with Crippen molar-refractivity contribution in [2.24, 2.45) is 0 Å². The Kier molecular flexibility index (Phi) is 5.08. The Morgan fingerprint density at radius 3 is 2.67 bits per heavy atom. The Balaban J connectivity index is 2.44. The van der Waals surface area contributed by atoms with Crippen LogP contribution < -0.4 is 10.2 Å². The first kappa shape index (κ1) is 14.4. The minimum atomic E-state index is -0.600. The SMILES string of the molecule is Cc1csc(=O)n1CC(=O)OCC(=O)NC(C)C. The molecule has 0 aromatic carbocycles. The summed E-state index contributed by atoms with van der Waals surface area (Å²) in [7, 11) is 0. The van der Waals surface area contributed by atoms with Gasteiger partial charge in [0.1, 0.15) is 6.54 Å². The Bertz CT molecular complexity index is 489. The number of ether oxygens (including phenoxy) is 1. The normalized spacial score (nSPS) is 10.4. The lowest BCUT2D eigenvalue weighted by Crippen LogP contribution is -2.34. The van der Waals surface area contributed by atoms with Gasteiger partial charge >= 0.3 is 10.8 Å². The molecule has 1 N–H and O–H groups in total. The van der Waals surface area contributed by atoms with Crippen LogP contribution in [0.25, 0.3) is 0 Å². The van der Waals surface area contributed by atoms with E-state index < -0.39 is 5.97 Å². The van der Waals surface area contributed by atoms with E-state index in [4.69, 9.17) is 4.74 Å². The smallest absolute Gasteiger partial charge is 0.326 e. The molecule has 0 aliphatic heterocycles. The van der Waals surface area contributed by atoms with Crippen LogP contribution in [0.15, 0.2) is 10.2 Å². The zero-order valence-corrected chi connectivity index (χ0v) is 11.4. The first-order chi connectivity index (χ1) is 8.40. The fraction of sp³-hybridized carbons (Fsp3) is 0.545. The number of amides is 1. The van der Waals surface area contributed by atoms with E-state index in [1.165, 1.54) is 4.57 Å². The number of nitrogens with zero attached hydrogens (tertiary/aromatic N) is 1. The van der Waals surface area contributed by atoms with Crippen LogP contribution in [0.2, 0.25) is 0 Å². The predicted molar refractivity (Wildman–Crippen MR) is 67.6 cm³/mol. The molecule has 0 saturated carbocycles. The molecule has 0 aliphatic carbocycles. The van der Waals surface area contributed by atoms with Crippen molar-refractivity contribution in [3.63, 3.8) is 0 Å². The highest BCUT2D eigenvalue weighted by atomic mass is 32.1. The van der Waals surface area contributed by atoms with Crippen LogP contribution in [0, 0.1) is 6.92 Å². The van der Waals surface area contributed by atoms with Crippen LogP contribution in [0.5, 0.6) is 0 Å².